The SMILES string of the molecule is Cc1nc(Cl)c2nnc(CCOCC(F)(F)F)n2c1C. The minimum Gasteiger partial charge on any atom is -0.372 e. The molecule has 20 heavy (non-hydrogen) atoms. The summed E-state index contributed by atoms with van der Waals surface area (Å²) in [7, 11) is 0. The van der Waals surface area contributed by atoms with E-state index in [1.165, 1.54) is 0 Å². The van der Waals surface area contributed by atoms with Gasteiger partial charge in [0, 0.05) is 12.1 Å². The van der Waals surface area contributed by atoms with Gasteiger partial charge in [0.25, 0.3) is 0 Å². The third-order valence-corrected chi connectivity index (χ3v) is 3.03. The Morgan fingerprint density at radius 2 is 1.95 bits per heavy atom. The van der Waals surface area contributed by atoms with Gasteiger partial charge in [0.1, 0.15) is 12.4 Å². The van der Waals surface area contributed by atoms with E-state index in [0.717, 1.165) is 5.69 Å². The molecule has 0 saturated heterocycles. The standard InChI is InChI=1S/C11H12ClF3N4O/c1-6-7(2)19-8(3-4-20-5-11(13,14)15)17-18-10(19)9(12)16-6/h3-5H2,1-2H3. The number of hydrogen-bond donors (Lipinski definition) is 0. The Kier molecular flexibility index (Phi) is 4.14. The van der Waals surface area contributed by atoms with Crippen molar-refractivity contribution in [1.29, 1.82) is 0 Å². The van der Waals surface area contributed by atoms with Gasteiger partial charge in [-0.25, -0.2) is 4.98 Å². The number of halogens is 4. The zero-order chi connectivity index (χ0) is 14.9. The van der Waals surface area contributed by atoms with Crippen LogP contribution < -0.4 is 0 Å². The number of nitrogens with zero attached hydrogens (tertiary/aromatic N) is 4. The highest BCUT2D eigenvalue weighted by molar-refractivity contribution is 6.32. The van der Waals surface area contributed by atoms with Gasteiger partial charge < -0.3 is 4.74 Å². The maximum absolute atomic E-state index is 12.0. The molecule has 0 aliphatic heterocycles. The lowest BCUT2D eigenvalue weighted by Gasteiger charge is -2.08. The lowest BCUT2D eigenvalue weighted by atomic mass is 10.3. The number of ether oxygens (including phenoxy) is 1. The summed E-state index contributed by atoms with van der Waals surface area (Å²) in [6, 6.07) is 0. The molecule has 0 bridgehead atoms. The van der Waals surface area contributed by atoms with Crippen molar-refractivity contribution in [3.63, 3.8) is 0 Å². The Labute approximate surface area is 117 Å². The molecule has 0 aromatic carbocycles. The van der Waals surface area contributed by atoms with E-state index >= 15 is 0 Å². The molecule has 0 spiro atoms. The van der Waals surface area contributed by atoms with Crippen LogP contribution in [0.4, 0.5) is 13.2 Å². The molecule has 2 rings (SSSR count). The van der Waals surface area contributed by atoms with Crippen LogP contribution in [0.5, 0.6) is 0 Å². The number of aryl methyl sites for hydroxylation is 2. The Morgan fingerprint density at radius 1 is 1.25 bits per heavy atom. The van der Waals surface area contributed by atoms with E-state index in [1.807, 2.05) is 6.92 Å². The van der Waals surface area contributed by atoms with Crippen LogP contribution in [0.25, 0.3) is 5.65 Å². The van der Waals surface area contributed by atoms with E-state index in [9.17, 15) is 13.2 Å². The zero-order valence-corrected chi connectivity index (χ0v) is 11.6. The number of aromatic nitrogens is 4. The fourth-order valence-corrected chi connectivity index (χ4v) is 2.00. The monoisotopic (exact) mass is 308 g/mol. The van der Waals surface area contributed by atoms with Crippen molar-refractivity contribution < 1.29 is 17.9 Å². The van der Waals surface area contributed by atoms with Crippen molar-refractivity contribution in [3.05, 3.63) is 22.4 Å². The number of rotatable bonds is 4. The van der Waals surface area contributed by atoms with Gasteiger partial charge in [-0.2, -0.15) is 13.2 Å². The maximum Gasteiger partial charge on any atom is 0.411 e. The lowest BCUT2D eigenvalue weighted by Crippen LogP contribution is -2.18. The summed E-state index contributed by atoms with van der Waals surface area (Å²) in [6.07, 6.45) is -4.12. The van der Waals surface area contributed by atoms with Crippen LogP contribution in [0, 0.1) is 13.8 Å². The number of alkyl halides is 3. The highest BCUT2D eigenvalue weighted by atomic mass is 35.5. The molecule has 0 N–H and O–H groups in total. The van der Waals surface area contributed by atoms with Crippen molar-refractivity contribution in [3.8, 4) is 0 Å². The summed E-state index contributed by atoms with van der Waals surface area (Å²) in [5.41, 5.74) is 1.89. The van der Waals surface area contributed by atoms with Gasteiger partial charge in [0.15, 0.2) is 10.8 Å². The van der Waals surface area contributed by atoms with Crippen LogP contribution >= 0.6 is 11.6 Å². The highest BCUT2D eigenvalue weighted by Crippen LogP contribution is 2.19. The van der Waals surface area contributed by atoms with Crippen molar-refractivity contribution in [2.45, 2.75) is 26.4 Å². The predicted octanol–water partition coefficient (Wildman–Crippen LogP) is 2.52. The molecule has 0 atom stereocenters. The van der Waals surface area contributed by atoms with Gasteiger partial charge in [0.2, 0.25) is 0 Å². The summed E-state index contributed by atoms with van der Waals surface area (Å²) in [5.74, 6) is 0.493. The first kappa shape index (κ1) is 15.0. The summed E-state index contributed by atoms with van der Waals surface area (Å²) < 4.78 is 42.1. The van der Waals surface area contributed by atoms with Gasteiger partial charge in [-0.1, -0.05) is 11.6 Å². The molecule has 0 fully saturated rings. The van der Waals surface area contributed by atoms with Crippen molar-refractivity contribution >= 4 is 17.2 Å². The van der Waals surface area contributed by atoms with Gasteiger partial charge in [-0.3, -0.25) is 4.40 Å². The molecule has 0 saturated carbocycles. The lowest BCUT2D eigenvalue weighted by molar-refractivity contribution is -0.173. The summed E-state index contributed by atoms with van der Waals surface area (Å²) in [4.78, 5) is 4.11. The van der Waals surface area contributed by atoms with Crippen LogP contribution in [0.1, 0.15) is 17.2 Å². The molecule has 0 aliphatic rings. The van der Waals surface area contributed by atoms with Crippen molar-refractivity contribution in [1.82, 2.24) is 19.6 Å². The summed E-state index contributed by atoms with van der Waals surface area (Å²) >= 11 is 5.95. The topological polar surface area (TPSA) is 52.3 Å². The van der Waals surface area contributed by atoms with Crippen LogP contribution in [0.2, 0.25) is 5.15 Å². The molecule has 2 aromatic rings. The normalized spacial score (nSPS) is 12.3. The van der Waals surface area contributed by atoms with Crippen LogP contribution in [-0.4, -0.2) is 39.0 Å². The average molecular weight is 309 g/mol. The van der Waals surface area contributed by atoms with Crippen molar-refractivity contribution in [2.75, 3.05) is 13.2 Å². The molecule has 9 heteroatoms. The molecule has 0 aliphatic carbocycles. The van der Waals surface area contributed by atoms with Gasteiger partial charge in [-0.05, 0) is 13.8 Å². The number of fused-ring (bicyclic) bond motifs is 1. The molecule has 110 valence electrons. The molecular weight excluding hydrogens is 297 g/mol. The molecule has 2 aromatic heterocycles. The Morgan fingerprint density at radius 3 is 2.60 bits per heavy atom. The Hall–Kier alpha value is -1.41. The Bertz CT molecular complexity index is 626. The van der Waals surface area contributed by atoms with Crippen LogP contribution in [0.3, 0.4) is 0 Å². The second-order valence-electron chi connectivity index (χ2n) is 4.27. The second-order valence-corrected chi connectivity index (χ2v) is 4.62. The fourth-order valence-electron chi connectivity index (χ4n) is 1.76. The van der Waals surface area contributed by atoms with E-state index in [-0.39, 0.29) is 18.2 Å². The molecule has 0 unspecified atom stereocenters. The highest BCUT2D eigenvalue weighted by Gasteiger charge is 2.27. The summed E-state index contributed by atoms with van der Waals surface area (Å²) in [6.45, 7) is 2.22. The smallest absolute Gasteiger partial charge is 0.372 e. The fraction of sp³-hybridized carbons (Fsp3) is 0.545. The zero-order valence-electron chi connectivity index (χ0n) is 10.8. The molecule has 5 nitrogen and oxygen atoms in total. The first-order chi connectivity index (χ1) is 9.29. The van der Waals surface area contributed by atoms with E-state index < -0.39 is 12.8 Å². The third kappa shape index (κ3) is 3.18. The molecule has 0 radical (unpaired) electrons. The average Bonchev–Trinajstić information content (AvgIpc) is 2.75. The van der Waals surface area contributed by atoms with E-state index in [1.54, 1.807) is 11.3 Å². The predicted molar refractivity (Wildman–Crippen MR) is 65.8 cm³/mol. The first-order valence-corrected chi connectivity index (χ1v) is 6.18. The van der Waals surface area contributed by atoms with E-state index in [2.05, 4.69) is 19.9 Å². The minimum atomic E-state index is -4.33. The maximum atomic E-state index is 12.0. The Balaban J connectivity index is 2.15. The minimum absolute atomic E-state index is 0.0985. The van der Waals surface area contributed by atoms with E-state index in [0.29, 0.717) is 17.2 Å². The first-order valence-electron chi connectivity index (χ1n) is 5.81. The quantitative estimate of drug-likeness (QED) is 0.814. The van der Waals surface area contributed by atoms with Crippen LogP contribution in [0.15, 0.2) is 0 Å². The van der Waals surface area contributed by atoms with E-state index in [4.69, 9.17) is 11.6 Å². The van der Waals surface area contributed by atoms with Crippen molar-refractivity contribution in [2.24, 2.45) is 0 Å². The third-order valence-electron chi connectivity index (χ3n) is 2.78. The molecular formula is C11H12ClF3N4O. The second kappa shape index (κ2) is 5.53. The van der Waals surface area contributed by atoms with Gasteiger partial charge in [0.05, 0.1) is 12.3 Å². The van der Waals surface area contributed by atoms with Gasteiger partial charge in [-0.15, -0.1) is 10.2 Å². The number of hydrogen-bond acceptors (Lipinski definition) is 4. The summed E-state index contributed by atoms with van der Waals surface area (Å²) in [5, 5.41) is 8.02. The molecule has 2 heterocycles. The molecule has 0 amide bonds. The van der Waals surface area contributed by atoms with Crippen LogP contribution in [-0.2, 0) is 11.2 Å². The largest absolute Gasteiger partial charge is 0.411 e. The van der Waals surface area contributed by atoms with Gasteiger partial charge >= 0.3 is 6.18 Å².